The Balaban J connectivity index is 2.43. The van der Waals surface area contributed by atoms with Crippen LogP contribution in [0.3, 0.4) is 0 Å². The summed E-state index contributed by atoms with van der Waals surface area (Å²) in [6, 6.07) is 8.94. The van der Waals surface area contributed by atoms with Gasteiger partial charge in [-0.15, -0.1) is 0 Å². The first-order valence-corrected chi connectivity index (χ1v) is 9.80. The van der Waals surface area contributed by atoms with Crippen LogP contribution in [0.2, 0.25) is 0 Å². The van der Waals surface area contributed by atoms with E-state index in [2.05, 4.69) is 19.2 Å². The molecule has 0 saturated carbocycles. The Morgan fingerprint density at radius 3 is 2.45 bits per heavy atom. The molecule has 0 aromatic heterocycles. The van der Waals surface area contributed by atoms with Crippen LogP contribution in [0.25, 0.3) is 0 Å². The van der Waals surface area contributed by atoms with Crippen molar-refractivity contribution in [1.82, 2.24) is 5.32 Å². The Morgan fingerprint density at radius 2 is 1.86 bits per heavy atom. The molecule has 0 bridgehead atoms. The molecule has 22 heavy (non-hydrogen) atoms. The number of unbranched alkanes of at least 4 members (excludes halogenated alkanes) is 1. The van der Waals surface area contributed by atoms with Gasteiger partial charge in [-0.2, -0.15) is 0 Å². The average Bonchev–Trinajstić information content (AvgIpc) is 2.47. The number of rotatable bonds is 10. The van der Waals surface area contributed by atoms with Crippen molar-refractivity contribution < 1.29 is 13.2 Å². The van der Waals surface area contributed by atoms with Crippen LogP contribution in [0.5, 0.6) is 0 Å². The smallest absolute Gasteiger partial charge is 0.235 e. The van der Waals surface area contributed by atoms with Crippen molar-refractivity contribution in [3.05, 3.63) is 35.9 Å². The molecule has 1 aromatic rings. The number of benzene rings is 1. The van der Waals surface area contributed by atoms with E-state index in [1.807, 2.05) is 6.07 Å². The molecule has 0 radical (unpaired) electrons. The second kappa shape index (κ2) is 9.62. The highest BCUT2D eigenvalue weighted by Gasteiger charge is 2.18. The molecule has 1 N–H and O–H groups in total. The average molecular weight is 325 g/mol. The number of hydrogen-bond donors (Lipinski definition) is 1. The molecule has 0 spiro atoms. The molecule has 5 heteroatoms. The number of amides is 1. The van der Waals surface area contributed by atoms with Gasteiger partial charge in [0.15, 0.2) is 9.84 Å². The third-order valence-corrected chi connectivity index (χ3v) is 5.19. The van der Waals surface area contributed by atoms with E-state index in [1.54, 1.807) is 24.3 Å². The van der Waals surface area contributed by atoms with E-state index in [-0.39, 0.29) is 5.75 Å². The lowest BCUT2D eigenvalue weighted by Gasteiger charge is -2.15. The standard InChI is InChI=1S/C17H27NO3S/c1-3-5-9-15(4-2)12-18-17(19)14-22(20,21)13-16-10-7-6-8-11-16/h6-8,10-11,15H,3-5,9,12-14H2,1-2H3,(H,18,19)/t15-/m1/s1. The molecular formula is C17H27NO3S. The first kappa shape index (κ1) is 18.7. The number of hydrogen-bond acceptors (Lipinski definition) is 3. The van der Waals surface area contributed by atoms with Crippen LogP contribution >= 0.6 is 0 Å². The maximum Gasteiger partial charge on any atom is 0.235 e. The van der Waals surface area contributed by atoms with Gasteiger partial charge in [0.2, 0.25) is 5.91 Å². The van der Waals surface area contributed by atoms with Crippen molar-refractivity contribution >= 4 is 15.7 Å². The minimum absolute atomic E-state index is 0.0890. The van der Waals surface area contributed by atoms with Crippen molar-refractivity contribution in [2.75, 3.05) is 12.3 Å². The van der Waals surface area contributed by atoms with E-state index in [0.29, 0.717) is 18.0 Å². The molecule has 1 atom stereocenters. The van der Waals surface area contributed by atoms with Gasteiger partial charge in [-0.05, 0) is 17.9 Å². The molecular weight excluding hydrogens is 298 g/mol. The summed E-state index contributed by atoms with van der Waals surface area (Å²) in [5.41, 5.74) is 0.713. The maximum atomic E-state index is 12.0. The number of sulfone groups is 1. The third kappa shape index (κ3) is 7.59. The van der Waals surface area contributed by atoms with Gasteiger partial charge < -0.3 is 5.32 Å². The van der Waals surface area contributed by atoms with E-state index in [4.69, 9.17) is 0 Å². The molecule has 1 aromatic carbocycles. The normalized spacial score (nSPS) is 12.8. The molecule has 1 amide bonds. The van der Waals surface area contributed by atoms with Gasteiger partial charge in [0, 0.05) is 6.54 Å². The van der Waals surface area contributed by atoms with Crippen molar-refractivity contribution in [2.45, 2.75) is 45.3 Å². The van der Waals surface area contributed by atoms with Gasteiger partial charge in [0.1, 0.15) is 5.75 Å². The van der Waals surface area contributed by atoms with Gasteiger partial charge in [-0.25, -0.2) is 8.42 Å². The van der Waals surface area contributed by atoms with Crippen LogP contribution in [0.1, 0.15) is 45.1 Å². The van der Waals surface area contributed by atoms with Crippen LogP contribution in [0.15, 0.2) is 30.3 Å². The molecule has 0 heterocycles. The van der Waals surface area contributed by atoms with Gasteiger partial charge in [-0.1, -0.05) is 63.4 Å². The van der Waals surface area contributed by atoms with Crippen molar-refractivity contribution in [1.29, 1.82) is 0 Å². The van der Waals surface area contributed by atoms with E-state index in [9.17, 15) is 13.2 Å². The van der Waals surface area contributed by atoms with Crippen molar-refractivity contribution in [3.8, 4) is 0 Å². The number of nitrogens with one attached hydrogen (secondary N) is 1. The Hall–Kier alpha value is -1.36. The third-order valence-electron chi connectivity index (χ3n) is 3.71. The summed E-state index contributed by atoms with van der Waals surface area (Å²) in [4.78, 5) is 11.9. The fraction of sp³-hybridized carbons (Fsp3) is 0.588. The van der Waals surface area contributed by atoms with Crippen LogP contribution in [-0.2, 0) is 20.4 Å². The number of carbonyl (C=O) groups excluding carboxylic acids is 1. The predicted molar refractivity (Wildman–Crippen MR) is 90.2 cm³/mol. The molecule has 0 saturated heterocycles. The van der Waals surface area contributed by atoms with E-state index in [1.165, 1.54) is 0 Å². The van der Waals surface area contributed by atoms with Crippen molar-refractivity contribution in [3.63, 3.8) is 0 Å². The Labute approximate surface area is 134 Å². The second-order valence-corrected chi connectivity index (χ2v) is 7.80. The zero-order valence-electron chi connectivity index (χ0n) is 13.5. The topological polar surface area (TPSA) is 63.2 Å². The summed E-state index contributed by atoms with van der Waals surface area (Å²) in [7, 11) is -3.42. The second-order valence-electron chi connectivity index (χ2n) is 5.74. The zero-order valence-corrected chi connectivity index (χ0v) is 14.4. The molecule has 4 nitrogen and oxygen atoms in total. The molecule has 0 aliphatic carbocycles. The fourth-order valence-electron chi connectivity index (χ4n) is 2.33. The summed E-state index contributed by atoms with van der Waals surface area (Å²) < 4.78 is 24.1. The molecule has 1 rings (SSSR count). The van der Waals surface area contributed by atoms with Gasteiger partial charge >= 0.3 is 0 Å². The maximum absolute atomic E-state index is 12.0. The number of carbonyl (C=O) groups is 1. The summed E-state index contributed by atoms with van der Waals surface area (Å²) in [5.74, 6) is -0.493. The summed E-state index contributed by atoms with van der Waals surface area (Å²) >= 11 is 0. The monoisotopic (exact) mass is 325 g/mol. The lowest BCUT2D eigenvalue weighted by molar-refractivity contribution is -0.118. The molecule has 0 fully saturated rings. The molecule has 0 unspecified atom stereocenters. The van der Waals surface area contributed by atoms with Gasteiger partial charge in [0.25, 0.3) is 0 Å². The summed E-state index contributed by atoms with van der Waals surface area (Å²) in [5, 5.41) is 2.77. The van der Waals surface area contributed by atoms with E-state index < -0.39 is 21.5 Å². The highest BCUT2D eigenvalue weighted by molar-refractivity contribution is 7.91. The minimum atomic E-state index is -3.42. The van der Waals surface area contributed by atoms with Crippen LogP contribution in [0.4, 0.5) is 0 Å². The Morgan fingerprint density at radius 1 is 1.18 bits per heavy atom. The summed E-state index contributed by atoms with van der Waals surface area (Å²) in [6.07, 6.45) is 4.34. The quantitative estimate of drug-likeness (QED) is 0.719. The Kier molecular flexibility index (Phi) is 8.17. The van der Waals surface area contributed by atoms with Crippen molar-refractivity contribution in [2.24, 2.45) is 5.92 Å². The lowest BCUT2D eigenvalue weighted by Crippen LogP contribution is -2.34. The van der Waals surface area contributed by atoms with E-state index >= 15 is 0 Å². The van der Waals surface area contributed by atoms with Gasteiger partial charge in [0.05, 0.1) is 5.75 Å². The first-order valence-electron chi connectivity index (χ1n) is 7.98. The largest absolute Gasteiger partial charge is 0.355 e. The Bertz CT molecular complexity index is 540. The highest BCUT2D eigenvalue weighted by atomic mass is 32.2. The molecule has 0 aliphatic rings. The molecule has 0 aliphatic heterocycles. The molecule has 124 valence electrons. The van der Waals surface area contributed by atoms with E-state index in [0.717, 1.165) is 25.7 Å². The van der Waals surface area contributed by atoms with Crippen LogP contribution in [0, 0.1) is 5.92 Å². The first-order chi connectivity index (χ1) is 10.5. The summed E-state index contributed by atoms with van der Waals surface area (Å²) in [6.45, 7) is 4.80. The fourth-order valence-corrected chi connectivity index (χ4v) is 3.64. The minimum Gasteiger partial charge on any atom is -0.355 e. The predicted octanol–water partition coefficient (Wildman–Crippen LogP) is 2.93. The lowest BCUT2D eigenvalue weighted by atomic mass is 9.99. The highest BCUT2D eigenvalue weighted by Crippen LogP contribution is 2.11. The zero-order chi connectivity index (χ0) is 16.4. The van der Waals surface area contributed by atoms with Crippen LogP contribution in [-0.4, -0.2) is 26.6 Å². The van der Waals surface area contributed by atoms with Crippen LogP contribution < -0.4 is 5.32 Å². The van der Waals surface area contributed by atoms with Gasteiger partial charge in [-0.3, -0.25) is 4.79 Å². The SMILES string of the molecule is CCCC[C@@H](CC)CNC(=O)CS(=O)(=O)Cc1ccccc1.